The Bertz CT molecular complexity index is 723. The number of aliphatic hydroxyl groups is 1. The molecule has 1 saturated heterocycles. The van der Waals surface area contributed by atoms with Gasteiger partial charge in [-0.15, -0.1) is 12.4 Å². The van der Waals surface area contributed by atoms with E-state index in [0.29, 0.717) is 25.0 Å². The van der Waals surface area contributed by atoms with E-state index in [1.54, 1.807) is 6.07 Å². The fourth-order valence-electron chi connectivity index (χ4n) is 5.54. The fourth-order valence-corrected chi connectivity index (χ4v) is 5.54. The standard InChI is InChI=1S/C17H19NO4.ClH/c1-18-7-6-16-13-9-2-3-10(19)14(13)22-15(16)11(20)4-5-17(16,21)12(18)8-9;/h2-3,12,15,19,21H,4-8H2,1H3;1H/t12?,15-,16+,17?;/m1./s1. The summed E-state index contributed by atoms with van der Waals surface area (Å²) in [5, 5.41) is 21.8. The van der Waals surface area contributed by atoms with Gasteiger partial charge in [0.25, 0.3) is 0 Å². The second-order valence-corrected chi connectivity index (χ2v) is 7.26. The number of benzene rings is 1. The zero-order valence-corrected chi connectivity index (χ0v) is 13.7. The second kappa shape index (κ2) is 4.41. The summed E-state index contributed by atoms with van der Waals surface area (Å²) in [5.74, 6) is 0.561. The van der Waals surface area contributed by atoms with Gasteiger partial charge in [0.15, 0.2) is 23.4 Å². The number of carbonyl (C=O) groups excluding carboxylic acids is 1. The third kappa shape index (κ3) is 1.45. The number of aromatic hydroxyl groups is 1. The van der Waals surface area contributed by atoms with E-state index in [-0.39, 0.29) is 30.0 Å². The van der Waals surface area contributed by atoms with Gasteiger partial charge in [-0.1, -0.05) is 6.07 Å². The third-order valence-corrected chi connectivity index (χ3v) is 6.53. The number of nitrogens with zero attached hydrogens (tertiary/aromatic N) is 1. The van der Waals surface area contributed by atoms with Crippen molar-refractivity contribution in [1.29, 1.82) is 0 Å². The summed E-state index contributed by atoms with van der Waals surface area (Å²) in [5.41, 5.74) is 0.370. The van der Waals surface area contributed by atoms with Crippen molar-refractivity contribution in [3.63, 3.8) is 0 Å². The number of hydrogen-bond donors (Lipinski definition) is 2. The predicted molar refractivity (Wildman–Crippen MR) is 85.4 cm³/mol. The summed E-state index contributed by atoms with van der Waals surface area (Å²) < 4.78 is 5.94. The smallest absolute Gasteiger partial charge is 0.174 e. The largest absolute Gasteiger partial charge is 0.504 e. The van der Waals surface area contributed by atoms with Crippen LogP contribution in [0.2, 0.25) is 0 Å². The molecule has 1 aromatic carbocycles. The third-order valence-electron chi connectivity index (χ3n) is 6.53. The highest BCUT2D eigenvalue weighted by atomic mass is 35.5. The Balaban J connectivity index is 0.00000135. The summed E-state index contributed by atoms with van der Waals surface area (Å²) in [4.78, 5) is 14.7. The molecule has 23 heavy (non-hydrogen) atoms. The average molecular weight is 338 g/mol. The molecule has 1 spiro atoms. The van der Waals surface area contributed by atoms with Gasteiger partial charge >= 0.3 is 0 Å². The molecule has 2 fully saturated rings. The molecule has 2 bridgehead atoms. The molecule has 0 amide bonds. The maximum Gasteiger partial charge on any atom is 0.174 e. The van der Waals surface area contributed by atoms with E-state index in [4.69, 9.17) is 4.74 Å². The Labute approximate surface area is 140 Å². The van der Waals surface area contributed by atoms with Crippen LogP contribution in [0.4, 0.5) is 0 Å². The average Bonchev–Trinajstić information content (AvgIpc) is 2.85. The van der Waals surface area contributed by atoms with Crippen LogP contribution in [0.3, 0.4) is 0 Å². The van der Waals surface area contributed by atoms with Crippen LogP contribution in [0.1, 0.15) is 30.4 Å². The molecule has 1 aromatic rings. The zero-order chi connectivity index (χ0) is 15.3. The lowest BCUT2D eigenvalue weighted by atomic mass is 9.49. The van der Waals surface area contributed by atoms with Gasteiger partial charge in [0, 0.05) is 18.0 Å². The van der Waals surface area contributed by atoms with E-state index in [9.17, 15) is 15.0 Å². The molecular weight excluding hydrogens is 318 g/mol. The Morgan fingerprint density at radius 2 is 2.13 bits per heavy atom. The molecule has 2 aliphatic carbocycles. The molecule has 5 nitrogen and oxygen atoms in total. The number of hydrogen-bond acceptors (Lipinski definition) is 5. The van der Waals surface area contributed by atoms with Gasteiger partial charge < -0.3 is 19.8 Å². The number of piperidine rings is 1. The summed E-state index contributed by atoms with van der Waals surface area (Å²) in [6.45, 7) is 0.828. The van der Waals surface area contributed by atoms with Gasteiger partial charge in [-0.2, -0.15) is 0 Å². The number of carbonyl (C=O) groups is 1. The van der Waals surface area contributed by atoms with E-state index in [2.05, 4.69) is 4.90 Å². The molecule has 5 rings (SSSR count). The van der Waals surface area contributed by atoms with Crippen LogP contribution in [-0.2, 0) is 16.6 Å². The van der Waals surface area contributed by atoms with Gasteiger partial charge in [-0.25, -0.2) is 0 Å². The molecule has 4 aliphatic rings. The van der Waals surface area contributed by atoms with Crippen molar-refractivity contribution in [1.82, 2.24) is 4.90 Å². The van der Waals surface area contributed by atoms with Crippen molar-refractivity contribution in [2.24, 2.45) is 0 Å². The van der Waals surface area contributed by atoms with Crippen molar-refractivity contribution in [3.05, 3.63) is 23.3 Å². The number of ketones is 1. The normalized spacial score (nSPS) is 40.2. The van der Waals surface area contributed by atoms with Gasteiger partial charge in [0.05, 0.1) is 11.0 Å². The Morgan fingerprint density at radius 1 is 1.35 bits per heavy atom. The first kappa shape index (κ1) is 15.2. The van der Waals surface area contributed by atoms with E-state index in [0.717, 1.165) is 24.1 Å². The van der Waals surface area contributed by atoms with Crippen molar-refractivity contribution >= 4 is 18.2 Å². The van der Waals surface area contributed by atoms with E-state index in [1.807, 2.05) is 13.1 Å². The molecule has 1 saturated carbocycles. The molecule has 6 heteroatoms. The first-order valence-corrected chi connectivity index (χ1v) is 7.96. The van der Waals surface area contributed by atoms with E-state index in [1.165, 1.54) is 0 Å². The Morgan fingerprint density at radius 3 is 2.91 bits per heavy atom. The van der Waals surface area contributed by atoms with Crippen molar-refractivity contribution in [3.8, 4) is 11.5 Å². The highest BCUT2D eigenvalue weighted by molar-refractivity contribution is 5.90. The fraction of sp³-hybridized carbons (Fsp3) is 0.588. The zero-order valence-electron chi connectivity index (χ0n) is 12.9. The number of ether oxygens (including phenoxy) is 1. The van der Waals surface area contributed by atoms with Crippen LogP contribution >= 0.6 is 12.4 Å². The molecule has 2 heterocycles. The molecule has 0 aromatic heterocycles. The Hall–Kier alpha value is -1.30. The number of rotatable bonds is 0. The number of phenols is 1. The maximum atomic E-state index is 12.5. The molecular formula is C17H20ClNO4. The van der Waals surface area contributed by atoms with Crippen LogP contribution in [-0.4, -0.2) is 52.2 Å². The first-order valence-electron chi connectivity index (χ1n) is 7.96. The molecule has 2 N–H and O–H groups in total. The summed E-state index contributed by atoms with van der Waals surface area (Å²) in [7, 11) is 2.04. The number of halogens is 1. The summed E-state index contributed by atoms with van der Waals surface area (Å²) >= 11 is 0. The van der Waals surface area contributed by atoms with Crippen LogP contribution in [0.25, 0.3) is 0 Å². The van der Waals surface area contributed by atoms with Crippen molar-refractivity contribution in [2.75, 3.05) is 13.6 Å². The quantitative estimate of drug-likeness (QED) is 0.743. The number of Topliss-reactive ketones (excluding diaryl/α,β-unsaturated/α-hetero) is 1. The van der Waals surface area contributed by atoms with Crippen LogP contribution in [0, 0.1) is 0 Å². The lowest BCUT2D eigenvalue weighted by molar-refractivity contribution is -0.185. The lowest BCUT2D eigenvalue weighted by Crippen LogP contribution is -2.76. The van der Waals surface area contributed by atoms with Crippen LogP contribution in [0.5, 0.6) is 11.5 Å². The van der Waals surface area contributed by atoms with Crippen molar-refractivity contribution < 1.29 is 19.7 Å². The number of phenolic OH excluding ortho intramolecular Hbond substituents is 1. The topological polar surface area (TPSA) is 70.0 Å². The second-order valence-electron chi connectivity index (χ2n) is 7.26. The Kier molecular flexibility index (Phi) is 2.92. The molecule has 124 valence electrons. The number of likely N-dealkylation sites (N-methyl/N-ethyl adjacent to an activating group) is 1. The predicted octanol–water partition coefficient (Wildman–Crippen LogP) is 1.17. The van der Waals surface area contributed by atoms with Crippen LogP contribution in [0.15, 0.2) is 12.1 Å². The molecule has 2 aliphatic heterocycles. The minimum atomic E-state index is -0.954. The molecule has 4 atom stereocenters. The SMILES string of the molecule is CN1CC[C@]23c4c5ccc(O)c4O[C@@H]2C(=O)CCC3(O)C1C5.Cl. The van der Waals surface area contributed by atoms with Gasteiger partial charge in [-0.05, 0) is 44.5 Å². The monoisotopic (exact) mass is 337 g/mol. The highest BCUT2D eigenvalue weighted by Crippen LogP contribution is 2.64. The summed E-state index contributed by atoms with van der Waals surface area (Å²) in [6.07, 6.45) is 1.61. The van der Waals surface area contributed by atoms with E-state index < -0.39 is 17.1 Å². The van der Waals surface area contributed by atoms with Gasteiger partial charge in [0.2, 0.25) is 0 Å². The van der Waals surface area contributed by atoms with Crippen molar-refractivity contribution in [2.45, 2.75) is 48.8 Å². The summed E-state index contributed by atoms with van der Waals surface area (Å²) in [6, 6.07) is 3.57. The van der Waals surface area contributed by atoms with Crippen LogP contribution < -0.4 is 4.74 Å². The van der Waals surface area contributed by atoms with Gasteiger partial charge in [0.1, 0.15) is 0 Å². The minimum absolute atomic E-state index is 0. The maximum absolute atomic E-state index is 12.5. The lowest BCUT2D eigenvalue weighted by Gasteiger charge is -2.61. The van der Waals surface area contributed by atoms with E-state index >= 15 is 0 Å². The number of likely N-dealkylation sites (tertiary alicyclic amines) is 1. The van der Waals surface area contributed by atoms with Gasteiger partial charge in [-0.3, -0.25) is 4.79 Å². The minimum Gasteiger partial charge on any atom is -0.504 e. The highest BCUT2D eigenvalue weighted by Gasteiger charge is 2.72. The molecule has 2 unspecified atom stereocenters. The molecule has 0 radical (unpaired) electrons. The first-order chi connectivity index (χ1) is 10.5.